The van der Waals surface area contributed by atoms with E-state index in [0.717, 1.165) is 25.8 Å². The molecule has 5 rings (SSSR count). The minimum absolute atomic E-state index is 0.0119. The fourth-order valence-corrected chi connectivity index (χ4v) is 7.06. The van der Waals surface area contributed by atoms with Crippen molar-refractivity contribution < 1.29 is 18.6 Å². The van der Waals surface area contributed by atoms with E-state index in [2.05, 4.69) is 53.1 Å². The first kappa shape index (κ1) is 25.5. The summed E-state index contributed by atoms with van der Waals surface area (Å²) in [4.78, 5) is 28.7. The summed E-state index contributed by atoms with van der Waals surface area (Å²) >= 11 is 0. The van der Waals surface area contributed by atoms with Gasteiger partial charge < -0.3 is 19.1 Å². The molecular weight excluding hydrogens is 479 g/mol. The molecular formula is C26H35N4O5P. The van der Waals surface area contributed by atoms with Gasteiger partial charge >= 0.3 is 5.69 Å². The second-order valence-corrected chi connectivity index (χ2v) is 11.5. The maximum absolute atomic E-state index is 12.7. The molecule has 1 N–H and O–H groups in total. The molecule has 3 fully saturated rings. The normalized spacial score (nSPS) is 30.1. The summed E-state index contributed by atoms with van der Waals surface area (Å²) in [6, 6.07) is 10.5. The van der Waals surface area contributed by atoms with Crippen molar-refractivity contribution in [3.05, 3.63) is 58.1 Å². The van der Waals surface area contributed by atoms with Crippen molar-refractivity contribution in [1.29, 1.82) is 0 Å². The number of amides is 1. The molecule has 6 atom stereocenters. The Kier molecular flexibility index (Phi) is 7.56. The first-order chi connectivity index (χ1) is 17.3. The van der Waals surface area contributed by atoms with Gasteiger partial charge in [-0.15, -0.1) is 0 Å². The van der Waals surface area contributed by atoms with Crippen LogP contribution in [0.1, 0.15) is 69.9 Å². The van der Waals surface area contributed by atoms with Crippen molar-refractivity contribution in [3.63, 3.8) is 0 Å². The number of fused-ring (bicyclic) bond motifs is 1. The van der Waals surface area contributed by atoms with Crippen molar-refractivity contribution >= 4 is 20.3 Å². The molecule has 1 unspecified atom stereocenters. The molecule has 0 spiro atoms. The highest BCUT2D eigenvalue weighted by atomic mass is 31.2. The molecule has 4 heterocycles. The molecule has 3 saturated heterocycles. The Balaban J connectivity index is 1.28. The van der Waals surface area contributed by atoms with Crippen LogP contribution in [-0.4, -0.2) is 44.9 Å². The van der Waals surface area contributed by atoms with Gasteiger partial charge in [0.05, 0.1) is 12.2 Å². The van der Waals surface area contributed by atoms with Crippen LogP contribution < -0.4 is 11.0 Å². The summed E-state index contributed by atoms with van der Waals surface area (Å²) in [6.07, 6.45) is 4.37. The van der Waals surface area contributed by atoms with Crippen molar-refractivity contribution in [2.24, 2.45) is 5.92 Å². The van der Waals surface area contributed by atoms with Crippen LogP contribution in [0.3, 0.4) is 0 Å². The second-order valence-electron chi connectivity index (χ2n) is 10.1. The number of aryl methyl sites for hydroxylation is 1. The Morgan fingerprint density at radius 3 is 2.75 bits per heavy atom. The third-order valence-corrected chi connectivity index (χ3v) is 8.94. The van der Waals surface area contributed by atoms with Crippen molar-refractivity contribution in [3.8, 4) is 0 Å². The minimum Gasteiger partial charge on any atom is -0.352 e. The fraction of sp³-hybridized carbons (Fsp3) is 0.577. The Labute approximate surface area is 213 Å². The predicted molar refractivity (Wildman–Crippen MR) is 137 cm³/mol. The smallest absolute Gasteiger partial charge is 0.351 e. The number of nitrogens with zero attached hydrogens (tertiary/aromatic N) is 3. The monoisotopic (exact) mass is 514 g/mol. The van der Waals surface area contributed by atoms with Crippen LogP contribution in [0.4, 0.5) is 5.82 Å². The fourth-order valence-electron chi connectivity index (χ4n) is 5.07. The highest BCUT2D eigenvalue weighted by molar-refractivity contribution is 7.44. The lowest BCUT2D eigenvalue weighted by atomic mass is 10.0. The molecule has 1 amide bonds. The molecule has 3 aliphatic heterocycles. The van der Waals surface area contributed by atoms with E-state index in [0.29, 0.717) is 12.5 Å². The van der Waals surface area contributed by atoms with Gasteiger partial charge in [0.1, 0.15) is 18.1 Å². The summed E-state index contributed by atoms with van der Waals surface area (Å²) in [5, 5.41) is 2.67. The van der Waals surface area contributed by atoms with Crippen LogP contribution in [0.2, 0.25) is 0 Å². The third-order valence-electron chi connectivity index (χ3n) is 7.16. The van der Waals surface area contributed by atoms with E-state index in [-0.39, 0.29) is 36.0 Å². The van der Waals surface area contributed by atoms with Crippen molar-refractivity contribution in [1.82, 2.24) is 14.2 Å². The van der Waals surface area contributed by atoms with Gasteiger partial charge in [0.2, 0.25) is 5.91 Å². The number of ether oxygens (including phenoxy) is 1. The molecule has 0 aliphatic carbocycles. The topological polar surface area (TPSA) is 94.9 Å². The van der Waals surface area contributed by atoms with Crippen LogP contribution in [0.5, 0.6) is 0 Å². The highest BCUT2D eigenvalue weighted by Gasteiger charge is 2.49. The summed E-state index contributed by atoms with van der Waals surface area (Å²) in [5.74, 6) is -0.131. The lowest BCUT2D eigenvalue weighted by Crippen LogP contribution is -2.29. The van der Waals surface area contributed by atoms with E-state index >= 15 is 0 Å². The molecule has 10 heteroatoms. The number of benzene rings is 1. The quantitative estimate of drug-likeness (QED) is 0.536. The van der Waals surface area contributed by atoms with Crippen LogP contribution in [0.15, 0.2) is 41.3 Å². The first-order valence-electron chi connectivity index (χ1n) is 12.9. The zero-order valence-corrected chi connectivity index (χ0v) is 22.2. The number of aromatic nitrogens is 2. The van der Waals surface area contributed by atoms with E-state index < -0.39 is 20.4 Å². The van der Waals surface area contributed by atoms with Gasteiger partial charge in [-0.2, -0.15) is 4.98 Å². The maximum atomic E-state index is 12.7. The van der Waals surface area contributed by atoms with Crippen LogP contribution in [-0.2, 0) is 18.6 Å². The molecule has 36 heavy (non-hydrogen) atoms. The van der Waals surface area contributed by atoms with E-state index in [9.17, 15) is 9.59 Å². The average molecular weight is 515 g/mol. The van der Waals surface area contributed by atoms with Gasteiger partial charge in [-0.3, -0.25) is 9.36 Å². The lowest BCUT2D eigenvalue weighted by molar-refractivity contribution is -0.118. The molecule has 9 nitrogen and oxygen atoms in total. The number of anilines is 1. The number of rotatable bonds is 7. The van der Waals surface area contributed by atoms with Gasteiger partial charge in [0, 0.05) is 31.1 Å². The van der Waals surface area contributed by atoms with Crippen LogP contribution >= 0.6 is 8.53 Å². The SMILES string of the molecule is CC[C@H]1O[C@@H](n2ccc(NC(=O)C(C)C)nc2=O)CC1O[P@@]1O[C@H](c2ccc(C)cc2)[C@@H]2CCCN21. The zero-order valence-electron chi connectivity index (χ0n) is 21.3. The summed E-state index contributed by atoms with van der Waals surface area (Å²) in [5.41, 5.74) is 1.97. The predicted octanol–water partition coefficient (Wildman–Crippen LogP) is 4.69. The molecule has 3 aliphatic rings. The maximum Gasteiger partial charge on any atom is 0.351 e. The molecule has 0 saturated carbocycles. The summed E-state index contributed by atoms with van der Waals surface area (Å²) < 4.78 is 23.3. The number of carbonyl (C=O) groups excluding carboxylic acids is 1. The van der Waals surface area contributed by atoms with Gasteiger partial charge in [0.25, 0.3) is 8.53 Å². The van der Waals surface area contributed by atoms with Gasteiger partial charge in [0.15, 0.2) is 0 Å². The molecule has 0 bridgehead atoms. The number of carbonyl (C=O) groups is 1. The van der Waals surface area contributed by atoms with Gasteiger partial charge in [-0.05, 0) is 37.8 Å². The highest BCUT2D eigenvalue weighted by Crippen LogP contribution is 2.61. The van der Waals surface area contributed by atoms with E-state index in [1.807, 2.05) is 0 Å². The number of nitrogens with one attached hydrogen (secondary N) is 1. The molecule has 1 aromatic heterocycles. The summed E-state index contributed by atoms with van der Waals surface area (Å²) in [6.45, 7) is 8.70. The first-order valence-corrected chi connectivity index (χ1v) is 14.0. The zero-order chi connectivity index (χ0) is 25.4. The Morgan fingerprint density at radius 2 is 2.06 bits per heavy atom. The Morgan fingerprint density at radius 1 is 1.28 bits per heavy atom. The van der Waals surface area contributed by atoms with Crippen molar-refractivity contribution in [2.75, 3.05) is 11.9 Å². The molecule has 194 valence electrons. The number of hydrogen-bond acceptors (Lipinski definition) is 7. The largest absolute Gasteiger partial charge is 0.352 e. The molecule has 2 aromatic rings. The minimum atomic E-state index is -1.21. The summed E-state index contributed by atoms with van der Waals surface area (Å²) in [7, 11) is -1.21. The van der Waals surface area contributed by atoms with Gasteiger partial charge in [-0.25, -0.2) is 9.46 Å². The van der Waals surface area contributed by atoms with E-state index in [1.165, 1.54) is 15.7 Å². The van der Waals surface area contributed by atoms with E-state index in [4.69, 9.17) is 13.8 Å². The lowest BCUT2D eigenvalue weighted by Gasteiger charge is -2.25. The second kappa shape index (κ2) is 10.7. The van der Waals surface area contributed by atoms with Crippen LogP contribution in [0, 0.1) is 12.8 Å². The van der Waals surface area contributed by atoms with E-state index in [1.54, 1.807) is 26.1 Å². The third kappa shape index (κ3) is 5.13. The Hall–Kier alpha value is -2.16. The number of hydrogen-bond donors (Lipinski definition) is 1. The Bertz CT molecular complexity index is 1140. The standard InChI is InChI=1S/C26H35N4O5P/c1-5-20-21(15-23(33-20)29-14-12-22(28-26(29)32)27-25(31)16(2)3)34-36-30-13-6-7-19(30)24(35-36)18-10-8-17(4)9-11-18/h8-12,14,16,19-21,23-24H,5-7,13,15H2,1-4H3,(H,27,28,31,32)/t19-,20+,21?,23+,24+,36-/m0/s1. The molecule has 1 aromatic carbocycles. The van der Waals surface area contributed by atoms with Crippen LogP contribution in [0.25, 0.3) is 0 Å². The average Bonchev–Trinajstić information content (AvgIpc) is 3.56. The molecule has 0 radical (unpaired) electrons. The van der Waals surface area contributed by atoms with Gasteiger partial charge in [-0.1, -0.05) is 50.6 Å². The van der Waals surface area contributed by atoms with Crippen molar-refractivity contribution in [2.45, 2.75) is 84.0 Å².